The highest BCUT2D eigenvalue weighted by molar-refractivity contribution is 6.59. The molecule has 0 aromatic carbocycles. The second kappa shape index (κ2) is 12.1. The Balaban J connectivity index is 3.21. The topological polar surface area (TPSA) is 53.7 Å². The average Bonchev–Trinajstić information content (AvgIpc) is 2.40. The van der Waals surface area contributed by atoms with Crippen LogP contribution in [-0.2, 0) is 13.3 Å². The van der Waals surface area contributed by atoms with Gasteiger partial charge in [-0.1, -0.05) is 38.5 Å². The Labute approximate surface area is 114 Å². The van der Waals surface area contributed by atoms with Crippen molar-refractivity contribution in [3.05, 3.63) is 0 Å². The molecule has 4 nitrogen and oxygen atoms in total. The maximum atomic E-state index is 5.67. The first-order valence-corrected chi connectivity index (χ1v) is 9.35. The molecule has 0 atom stereocenters. The standard InChI is InChI=1S/C13H31NO3Si/c1-15-18(3,16-2)17-13-11-9-7-5-4-6-8-10-12-14/h4-14H2,1-3H3. The molecule has 0 aliphatic heterocycles. The number of rotatable bonds is 13. The molecule has 0 saturated heterocycles. The summed E-state index contributed by atoms with van der Waals surface area (Å²) in [4.78, 5) is 0. The van der Waals surface area contributed by atoms with E-state index in [-0.39, 0.29) is 0 Å². The molecule has 0 bridgehead atoms. The molecule has 0 unspecified atom stereocenters. The van der Waals surface area contributed by atoms with Crippen LogP contribution in [0.4, 0.5) is 0 Å². The Morgan fingerprint density at radius 1 is 0.778 bits per heavy atom. The molecule has 5 heteroatoms. The molecule has 0 aliphatic carbocycles. The number of hydrogen-bond acceptors (Lipinski definition) is 4. The molecule has 0 spiro atoms. The van der Waals surface area contributed by atoms with Crippen molar-refractivity contribution in [2.24, 2.45) is 5.73 Å². The fourth-order valence-electron chi connectivity index (χ4n) is 1.77. The van der Waals surface area contributed by atoms with Gasteiger partial charge in [0.15, 0.2) is 0 Å². The fourth-order valence-corrected chi connectivity index (χ4v) is 2.68. The molecular weight excluding hydrogens is 246 g/mol. The van der Waals surface area contributed by atoms with E-state index in [2.05, 4.69) is 0 Å². The van der Waals surface area contributed by atoms with Gasteiger partial charge >= 0.3 is 8.80 Å². The molecule has 0 saturated carbocycles. The Hall–Kier alpha value is 0.0569. The van der Waals surface area contributed by atoms with E-state index in [9.17, 15) is 0 Å². The zero-order chi connectivity index (χ0) is 13.7. The monoisotopic (exact) mass is 277 g/mol. The van der Waals surface area contributed by atoms with Crippen LogP contribution >= 0.6 is 0 Å². The van der Waals surface area contributed by atoms with E-state index in [4.69, 9.17) is 19.0 Å². The summed E-state index contributed by atoms with van der Waals surface area (Å²) < 4.78 is 16.2. The smallest absolute Gasteiger partial charge is 0.377 e. The SMILES string of the molecule is CO[Si](C)(OC)OCCCCCCCCCCN. The van der Waals surface area contributed by atoms with Crippen molar-refractivity contribution >= 4 is 8.80 Å². The molecule has 0 aliphatic rings. The minimum Gasteiger partial charge on any atom is -0.377 e. The summed E-state index contributed by atoms with van der Waals surface area (Å²) in [6.07, 6.45) is 10.1. The zero-order valence-electron chi connectivity index (χ0n) is 12.4. The fraction of sp³-hybridized carbons (Fsp3) is 1.00. The summed E-state index contributed by atoms with van der Waals surface area (Å²) in [5, 5.41) is 0. The molecule has 110 valence electrons. The molecule has 0 aromatic rings. The van der Waals surface area contributed by atoms with E-state index in [0.717, 1.165) is 19.6 Å². The molecule has 0 rings (SSSR count). The second-order valence-electron chi connectivity index (χ2n) is 4.74. The van der Waals surface area contributed by atoms with Crippen molar-refractivity contribution in [3.63, 3.8) is 0 Å². The van der Waals surface area contributed by atoms with Crippen molar-refractivity contribution in [2.75, 3.05) is 27.4 Å². The Morgan fingerprint density at radius 2 is 1.22 bits per heavy atom. The van der Waals surface area contributed by atoms with Gasteiger partial charge in [-0.25, -0.2) is 0 Å². The number of nitrogens with two attached hydrogens (primary N) is 1. The third kappa shape index (κ3) is 10.0. The first kappa shape index (κ1) is 18.1. The lowest BCUT2D eigenvalue weighted by molar-refractivity contribution is 0.104. The molecule has 18 heavy (non-hydrogen) atoms. The largest absolute Gasteiger partial charge is 0.497 e. The molecule has 0 fully saturated rings. The van der Waals surface area contributed by atoms with E-state index >= 15 is 0 Å². The summed E-state index contributed by atoms with van der Waals surface area (Å²) in [6.45, 7) is 3.50. The van der Waals surface area contributed by atoms with Crippen LogP contribution in [0.25, 0.3) is 0 Å². The first-order valence-electron chi connectivity index (χ1n) is 7.13. The van der Waals surface area contributed by atoms with Crippen LogP contribution < -0.4 is 5.73 Å². The van der Waals surface area contributed by atoms with Gasteiger partial charge in [0.05, 0.1) is 0 Å². The third-order valence-electron chi connectivity index (χ3n) is 3.20. The van der Waals surface area contributed by atoms with Gasteiger partial charge in [0.1, 0.15) is 0 Å². The number of unbranched alkanes of at least 4 members (excludes halogenated alkanes) is 7. The summed E-state index contributed by atoms with van der Waals surface area (Å²) in [7, 11) is 1.00. The molecule has 2 N–H and O–H groups in total. The van der Waals surface area contributed by atoms with Gasteiger partial charge in [-0.15, -0.1) is 0 Å². The number of hydrogen-bond donors (Lipinski definition) is 1. The van der Waals surface area contributed by atoms with Crippen molar-refractivity contribution in [2.45, 2.75) is 57.9 Å². The normalized spacial score (nSPS) is 12.0. The maximum Gasteiger partial charge on any atom is 0.497 e. The van der Waals surface area contributed by atoms with Crippen LogP contribution in [0.3, 0.4) is 0 Å². The van der Waals surface area contributed by atoms with E-state index in [1.807, 2.05) is 6.55 Å². The molecule has 0 heterocycles. The third-order valence-corrected chi connectivity index (χ3v) is 5.42. The minimum absolute atomic E-state index is 0.748. The molecular formula is C13H31NO3Si. The average molecular weight is 277 g/mol. The highest BCUT2D eigenvalue weighted by Gasteiger charge is 2.31. The zero-order valence-corrected chi connectivity index (χ0v) is 13.4. The van der Waals surface area contributed by atoms with Crippen LogP contribution in [0.1, 0.15) is 51.4 Å². The van der Waals surface area contributed by atoms with Gasteiger partial charge < -0.3 is 19.0 Å². The predicted octanol–water partition coefficient (Wildman–Crippen LogP) is 2.94. The lowest BCUT2D eigenvalue weighted by atomic mass is 10.1. The first-order chi connectivity index (χ1) is 8.68. The van der Waals surface area contributed by atoms with Crippen molar-refractivity contribution in [3.8, 4) is 0 Å². The Morgan fingerprint density at radius 3 is 1.67 bits per heavy atom. The summed E-state index contributed by atoms with van der Waals surface area (Å²) in [5.74, 6) is 0. The van der Waals surface area contributed by atoms with Gasteiger partial charge in [-0.2, -0.15) is 0 Å². The van der Waals surface area contributed by atoms with Crippen LogP contribution in [0, 0.1) is 0 Å². The van der Waals surface area contributed by atoms with E-state index in [1.54, 1.807) is 14.2 Å². The van der Waals surface area contributed by atoms with Gasteiger partial charge in [0.2, 0.25) is 0 Å². The van der Waals surface area contributed by atoms with E-state index in [1.165, 1.54) is 44.9 Å². The Kier molecular flexibility index (Phi) is 12.1. The quantitative estimate of drug-likeness (QED) is 0.415. The van der Waals surface area contributed by atoms with Crippen molar-refractivity contribution in [1.29, 1.82) is 0 Å². The highest BCUT2D eigenvalue weighted by atomic mass is 28.4. The van der Waals surface area contributed by atoms with Crippen LogP contribution in [-0.4, -0.2) is 36.2 Å². The predicted molar refractivity (Wildman–Crippen MR) is 77.6 cm³/mol. The highest BCUT2D eigenvalue weighted by Crippen LogP contribution is 2.10. The van der Waals surface area contributed by atoms with E-state index < -0.39 is 8.80 Å². The molecule has 0 amide bonds. The molecule has 0 radical (unpaired) electrons. The maximum absolute atomic E-state index is 5.67. The summed E-state index contributed by atoms with van der Waals surface area (Å²) in [5.41, 5.74) is 5.45. The van der Waals surface area contributed by atoms with Crippen molar-refractivity contribution in [1.82, 2.24) is 0 Å². The summed E-state index contributed by atoms with van der Waals surface area (Å²) >= 11 is 0. The van der Waals surface area contributed by atoms with Gasteiger partial charge in [-0.05, 0) is 19.4 Å². The Bertz CT molecular complexity index is 178. The van der Waals surface area contributed by atoms with Gasteiger partial charge in [0, 0.05) is 27.4 Å². The van der Waals surface area contributed by atoms with Crippen LogP contribution in [0.5, 0.6) is 0 Å². The summed E-state index contributed by atoms with van der Waals surface area (Å²) in [6, 6.07) is 0. The lowest BCUT2D eigenvalue weighted by Crippen LogP contribution is -2.40. The molecule has 0 aromatic heterocycles. The van der Waals surface area contributed by atoms with Crippen LogP contribution in [0.15, 0.2) is 0 Å². The van der Waals surface area contributed by atoms with Crippen molar-refractivity contribution < 1.29 is 13.3 Å². The van der Waals surface area contributed by atoms with Gasteiger partial charge in [0.25, 0.3) is 0 Å². The lowest BCUT2D eigenvalue weighted by Gasteiger charge is -2.21. The van der Waals surface area contributed by atoms with Crippen LogP contribution in [0.2, 0.25) is 6.55 Å². The second-order valence-corrected chi connectivity index (χ2v) is 7.57. The van der Waals surface area contributed by atoms with Gasteiger partial charge in [-0.3, -0.25) is 0 Å². The minimum atomic E-state index is -2.30. The van der Waals surface area contributed by atoms with E-state index in [0.29, 0.717) is 0 Å².